The molecule has 64 valence electrons. The Morgan fingerprint density at radius 3 is 2.36 bits per heavy atom. The first-order valence-corrected chi connectivity index (χ1v) is 5.25. The van der Waals surface area contributed by atoms with Gasteiger partial charge in [0.1, 0.15) is 0 Å². The van der Waals surface area contributed by atoms with Crippen molar-refractivity contribution in [1.82, 2.24) is 0 Å². The molecule has 0 nitrogen and oxygen atoms in total. The summed E-state index contributed by atoms with van der Waals surface area (Å²) >= 11 is 0. The van der Waals surface area contributed by atoms with E-state index in [0.29, 0.717) is 0 Å². The third kappa shape index (κ3) is 1.77. The second-order valence-corrected chi connectivity index (χ2v) is 4.99. The van der Waals surface area contributed by atoms with Gasteiger partial charge in [0, 0.05) is 0 Å². The quantitative estimate of drug-likeness (QED) is 0.581. The predicted molar refractivity (Wildman–Crippen MR) is 48.4 cm³/mol. The van der Waals surface area contributed by atoms with Crippen LogP contribution in [0.2, 0.25) is 0 Å². The van der Waals surface area contributed by atoms with Crippen molar-refractivity contribution in [3.05, 3.63) is 0 Å². The van der Waals surface area contributed by atoms with E-state index in [9.17, 15) is 0 Å². The fourth-order valence-corrected chi connectivity index (χ4v) is 2.50. The van der Waals surface area contributed by atoms with Crippen molar-refractivity contribution in [3.8, 4) is 0 Å². The molecule has 1 atom stereocenters. The van der Waals surface area contributed by atoms with E-state index < -0.39 is 0 Å². The zero-order chi connectivity index (χ0) is 7.84. The normalized spacial score (nSPS) is 39.8. The summed E-state index contributed by atoms with van der Waals surface area (Å²) < 4.78 is 0. The molecule has 2 rings (SSSR count). The van der Waals surface area contributed by atoms with Gasteiger partial charge in [-0.3, -0.25) is 0 Å². The number of rotatable bonds is 3. The minimum Gasteiger partial charge on any atom is -0.0625 e. The lowest BCUT2D eigenvalue weighted by atomic mass is 9.69. The standard InChI is InChI=1S/C11H20/c1-8-5-11(6-8)9(2)7-10-3-4-10/h8-11H,3-7H2,1-2H3. The summed E-state index contributed by atoms with van der Waals surface area (Å²) in [6.07, 6.45) is 7.65. The summed E-state index contributed by atoms with van der Waals surface area (Å²) in [4.78, 5) is 0. The Morgan fingerprint density at radius 2 is 1.91 bits per heavy atom. The van der Waals surface area contributed by atoms with Crippen LogP contribution in [0.3, 0.4) is 0 Å². The van der Waals surface area contributed by atoms with Crippen LogP contribution in [0.25, 0.3) is 0 Å². The topological polar surface area (TPSA) is 0 Å². The van der Waals surface area contributed by atoms with E-state index in [2.05, 4.69) is 13.8 Å². The Hall–Kier alpha value is 0. The summed E-state index contributed by atoms with van der Waals surface area (Å²) in [5.41, 5.74) is 0. The molecule has 0 N–H and O–H groups in total. The smallest absolute Gasteiger partial charge is 0.0383 e. The Balaban J connectivity index is 1.68. The maximum Gasteiger partial charge on any atom is -0.0383 e. The molecule has 0 bridgehead atoms. The first-order valence-electron chi connectivity index (χ1n) is 5.25. The molecule has 1 unspecified atom stereocenters. The predicted octanol–water partition coefficient (Wildman–Crippen LogP) is 3.47. The van der Waals surface area contributed by atoms with Gasteiger partial charge in [-0.05, 0) is 42.9 Å². The van der Waals surface area contributed by atoms with Gasteiger partial charge in [0.15, 0.2) is 0 Å². The molecule has 0 aromatic rings. The molecule has 0 aromatic carbocycles. The minimum atomic E-state index is 1.04. The van der Waals surface area contributed by atoms with E-state index in [1.54, 1.807) is 0 Å². The van der Waals surface area contributed by atoms with Crippen molar-refractivity contribution >= 4 is 0 Å². The van der Waals surface area contributed by atoms with Gasteiger partial charge in [0.2, 0.25) is 0 Å². The highest BCUT2D eigenvalue weighted by molar-refractivity contribution is 4.84. The van der Waals surface area contributed by atoms with Crippen LogP contribution in [0.4, 0.5) is 0 Å². The average molecular weight is 152 g/mol. The van der Waals surface area contributed by atoms with Gasteiger partial charge in [0.05, 0.1) is 0 Å². The Labute approximate surface area is 70.4 Å². The summed E-state index contributed by atoms with van der Waals surface area (Å²) in [5, 5.41) is 0. The summed E-state index contributed by atoms with van der Waals surface area (Å²) in [5.74, 6) is 4.33. The number of hydrogen-bond donors (Lipinski definition) is 0. The lowest BCUT2D eigenvalue weighted by Crippen LogP contribution is -2.27. The van der Waals surface area contributed by atoms with Gasteiger partial charge in [-0.1, -0.05) is 26.7 Å². The summed E-state index contributed by atoms with van der Waals surface area (Å²) in [6, 6.07) is 0. The van der Waals surface area contributed by atoms with Gasteiger partial charge in [-0.25, -0.2) is 0 Å². The highest BCUT2D eigenvalue weighted by atomic mass is 14.4. The van der Waals surface area contributed by atoms with E-state index in [4.69, 9.17) is 0 Å². The molecule has 11 heavy (non-hydrogen) atoms. The van der Waals surface area contributed by atoms with Gasteiger partial charge in [-0.2, -0.15) is 0 Å². The van der Waals surface area contributed by atoms with Crippen LogP contribution in [0.1, 0.15) is 46.0 Å². The van der Waals surface area contributed by atoms with Crippen molar-refractivity contribution in [2.45, 2.75) is 46.0 Å². The molecular weight excluding hydrogens is 132 g/mol. The molecule has 0 radical (unpaired) electrons. The van der Waals surface area contributed by atoms with E-state index in [-0.39, 0.29) is 0 Å². The molecule has 0 aromatic heterocycles. The lowest BCUT2D eigenvalue weighted by Gasteiger charge is -2.37. The second kappa shape index (κ2) is 2.80. The molecule has 0 saturated heterocycles. The van der Waals surface area contributed by atoms with Crippen molar-refractivity contribution in [3.63, 3.8) is 0 Å². The van der Waals surface area contributed by atoms with Crippen molar-refractivity contribution < 1.29 is 0 Å². The maximum absolute atomic E-state index is 2.47. The van der Waals surface area contributed by atoms with Gasteiger partial charge in [-0.15, -0.1) is 0 Å². The zero-order valence-corrected chi connectivity index (χ0v) is 7.84. The van der Waals surface area contributed by atoms with Crippen molar-refractivity contribution in [2.24, 2.45) is 23.7 Å². The Bertz CT molecular complexity index is 129. The third-order valence-corrected chi connectivity index (χ3v) is 3.62. The molecular formula is C11H20. The Kier molecular flexibility index (Phi) is 1.95. The summed E-state index contributed by atoms with van der Waals surface area (Å²) in [7, 11) is 0. The van der Waals surface area contributed by atoms with E-state index in [1.807, 2.05) is 0 Å². The van der Waals surface area contributed by atoms with Crippen LogP contribution in [0.5, 0.6) is 0 Å². The minimum absolute atomic E-state index is 1.04. The van der Waals surface area contributed by atoms with Crippen LogP contribution < -0.4 is 0 Å². The van der Waals surface area contributed by atoms with Gasteiger partial charge in [0.25, 0.3) is 0 Å². The molecule has 2 aliphatic carbocycles. The molecule has 2 aliphatic rings. The van der Waals surface area contributed by atoms with Crippen LogP contribution in [-0.2, 0) is 0 Å². The first kappa shape index (κ1) is 7.64. The van der Waals surface area contributed by atoms with Crippen LogP contribution >= 0.6 is 0 Å². The summed E-state index contributed by atoms with van der Waals surface area (Å²) in [6.45, 7) is 4.86. The number of hydrogen-bond acceptors (Lipinski definition) is 0. The second-order valence-electron chi connectivity index (χ2n) is 4.99. The molecule has 2 fully saturated rings. The van der Waals surface area contributed by atoms with Crippen molar-refractivity contribution in [1.29, 1.82) is 0 Å². The first-order chi connectivity index (χ1) is 5.25. The maximum atomic E-state index is 2.47. The molecule has 2 saturated carbocycles. The molecule has 0 spiro atoms. The van der Waals surface area contributed by atoms with Gasteiger partial charge >= 0.3 is 0 Å². The SMILES string of the molecule is CC1CC(C(C)CC2CC2)C1. The third-order valence-electron chi connectivity index (χ3n) is 3.62. The monoisotopic (exact) mass is 152 g/mol. The van der Waals surface area contributed by atoms with E-state index in [0.717, 1.165) is 23.7 Å². The van der Waals surface area contributed by atoms with E-state index in [1.165, 1.54) is 32.1 Å². The fraction of sp³-hybridized carbons (Fsp3) is 1.00. The van der Waals surface area contributed by atoms with Crippen LogP contribution in [-0.4, -0.2) is 0 Å². The van der Waals surface area contributed by atoms with Crippen LogP contribution in [0.15, 0.2) is 0 Å². The average Bonchev–Trinajstić information content (AvgIpc) is 2.64. The van der Waals surface area contributed by atoms with Crippen molar-refractivity contribution in [2.75, 3.05) is 0 Å². The molecule has 0 amide bonds. The zero-order valence-electron chi connectivity index (χ0n) is 7.84. The highest BCUT2D eigenvalue weighted by Gasteiger charge is 2.33. The largest absolute Gasteiger partial charge is 0.0625 e. The van der Waals surface area contributed by atoms with E-state index >= 15 is 0 Å². The molecule has 0 heterocycles. The van der Waals surface area contributed by atoms with Gasteiger partial charge < -0.3 is 0 Å². The fourth-order valence-electron chi connectivity index (χ4n) is 2.50. The molecule has 0 aliphatic heterocycles. The molecule has 0 heteroatoms. The highest BCUT2D eigenvalue weighted by Crippen LogP contribution is 2.44. The lowest BCUT2D eigenvalue weighted by molar-refractivity contribution is 0.137. The Morgan fingerprint density at radius 1 is 1.27 bits per heavy atom. The van der Waals surface area contributed by atoms with Crippen LogP contribution in [0, 0.1) is 23.7 Å².